The van der Waals surface area contributed by atoms with E-state index in [1.165, 1.54) is 32.1 Å². The maximum Gasteiger partial charge on any atom is 0.0193 e. The Balaban J connectivity index is 2.40. The second-order valence-electron chi connectivity index (χ2n) is 5.82. The molecule has 1 saturated carbocycles. The lowest BCUT2D eigenvalue weighted by Gasteiger charge is -2.38. The van der Waals surface area contributed by atoms with Crippen molar-refractivity contribution in [1.29, 1.82) is 0 Å². The van der Waals surface area contributed by atoms with Crippen LogP contribution >= 0.6 is 0 Å². The average molecular weight is 226 g/mol. The summed E-state index contributed by atoms with van der Waals surface area (Å²) in [5.74, 6) is 1.49. The maximum atomic E-state index is 6.24. The first-order chi connectivity index (χ1) is 7.56. The van der Waals surface area contributed by atoms with Crippen LogP contribution in [0, 0.1) is 11.8 Å². The summed E-state index contributed by atoms with van der Waals surface area (Å²) in [6, 6.07) is 1.10. The Bertz CT molecular complexity index is 193. The highest BCUT2D eigenvalue weighted by Crippen LogP contribution is 2.27. The minimum absolute atomic E-state index is 0.337. The van der Waals surface area contributed by atoms with E-state index in [0.717, 1.165) is 18.5 Å². The minimum Gasteiger partial charge on any atom is -0.326 e. The molecule has 1 aliphatic rings. The summed E-state index contributed by atoms with van der Waals surface area (Å²) in [5.41, 5.74) is 6.24. The molecule has 2 heteroatoms. The number of nitrogens with zero attached hydrogens (tertiary/aromatic N) is 1. The van der Waals surface area contributed by atoms with Gasteiger partial charge in [-0.3, -0.25) is 0 Å². The van der Waals surface area contributed by atoms with Crippen LogP contribution < -0.4 is 5.73 Å². The molecule has 0 saturated heterocycles. The van der Waals surface area contributed by atoms with Gasteiger partial charge in [0.15, 0.2) is 0 Å². The first kappa shape index (κ1) is 14.0. The molecule has 0 radical (unpaired) electrons. The van der Waals surface area contributed by atoms with Crippen molar-refractivity contribution in [3.05, 3.63) is 0 Å². The van der Waals surface area contributed by atoms with Crippen LogP contribution in [0.3, 0.4) is 0 Å². The van der Waals surface area contributed by atoms with E-state index >= 15 is 0 Å². The van der Waals surface area contributed by atoms with E-state index in [1.54, 1.807) is 0 Å². The van der Waals surface area contributed by atoms with Crippen molar-refractivity contribution in [3.8, 4) is 0 Å². The van der Waals surface area contributed by atoms with E-state index in [1.807, 2.05) is 0 Å². The van der Waals surface area contributed by atoms with Gasteiger partial charge in [0.2, 0.25) is 0 Å². The van der Waals surface area contributed by atoms with Crippen LogP contribution in [-0.2, 0) is 0 Å². The quantitative estimate of drug-likeness (QED) is 0.781. The topological polar surface area (TPSA) is 29.3 Å². The van der Waals surface area contributed by atoms with Crippen molar-refractivity contribution in [1.82, 2.24) is 4.90 Å². The SMILES string of the molecule is CCC(C)C(N)CN(C)C1CCCCC1C. The minimum atomic E-state index is 0.337. The molecule has 16 heavy (non-hydrogen) atoms. The predicted molar refractivity (Wildman–Crippen MR) is 71.5 cm³/mol. The second-order valence-corrected chi connectivity index (χ2v) is 5.82. The summed E-state index contributed by atoms with van der Waals surface area (Å²) >= 11 is 0. The number of hydrogen-bond donors (Lipinski definition) is 1. The Morgan fingerprint density at radius 2 is 1.94 bits per heavy atom. The van der Waals surface area contributed by atoms with Crippen LogP contribution in [0.2, 0.25) is 0 Å². The van der Waals surface area contributed by atoms with E-state index in [0.29, 0.717) is 12.0 Å². The van der Waals surface area contributed by atoms with Gasteiger partial charge in [-0.25, -0.2) is 0 Å². The van der Waals surface area contributed by atoms with Crippen molar-refractivity contribution < 1.29 is 0 Å². The van der Waals surface area contributed by atoms with Crippen LogP contribution in [0.15, 0.2) is 0 Å². The fraction of sp³-hybridized carbons (Fsp3) is 1.00. The first-order valence-electron chi connectivity index (χ1n) is 7.02. The van der Waals surface area contributed by atoms with Crippen LogP contribution in [0.5, 0.6) is 0 Å². The van der Waals surface area contributed by atoms with Gasteiger partial charge in [-0.2, -0.15) is 0 Å². The van der Waals surface area contributed by atoms with Gasteiger partial charge in [0.05, 0.1) is 0 Å². The third-order valence-electron chi connectivity index (χ3n) is 4.51. The van der Waals surface area contributed by atoms with Gasteiger partial charge in [-0.05, 0) is 31.7 Å². The third-order valence-corrected chi connectivity index (χ3v) is 4.51. The second kappa shape index (κ2) is 6.61. The Labute approximate surface area is 102 Å². The Hall–Kier alpha value is -0.0800. The van der Waals surface area contributed by atoms with Crippen molar-refractivity contribution >= 4 is 0 Å². The number of nitrogens with two attached hydrogens (primary N) is 1. The lowest BCUT2D eigenvalue weighted by atomic mass is 9.84. The van der Waals surface area contributed by atoms with Crippen molar-refractivity contribution in [2.45, 2.75) is 65.0 Å². The highest BCUT2D eigenvalue weighted by atomic mass is 15.1. The van der Waals surface area contributed by atoms with Gasteiger partial charge in [-0.1, -0.05) is 40.0 Å². The summed E-state index contributed by atoms with van der Waals surface area (Å²) in [5, 5.41) is 0. The molecule has 4 unspecified atom stereocenters. The number of rotatable bonds is 5. The molecule has 1 fully saturated rings. The monoisotopic (exact) mass is 226 g/mol. The molecule has 0 aromatic carbocycles. The molecule has 4 atom stereocenters. The van der Waals surface area contributed by atoms with Crippen LogP contribution in [0.1, 0.15) is 52.9 Å². The Kier molecular flexibility index (Phi) is 5.77. The third kappa shape index (κ3) is 3.74. The Morgan fingerprint density at radius 3 is 2.50 bits per heavy atom. The maximum absolute atomic E-state index is 6.24. The van der Waals surface area contributed by atoms with E-state index in [9.17, 15) is 0 Å². The van der Waals surface area contributed by atoms with Crippen molar-refractivity contribution in [2.75, 3.05) is 13.6 Å². The largest absolute Gasteiger partial charge is 0.326 e. The van der Waals surface area contributed by atoms with Crippen LogP contribution in [0.4, 0.5) is 0 Å². The van der Waals surface area contributed by atoms with Gasteiger partial charge in [-0.15, -0.1) is 0 Å². The summed E-state index contributed by atoms with van der Waals surface area (Å²) in [6.45, 7) is 7.95. The highest BCUT2D eigenvalue weighted by molar-refractivity contribution is 4.82. The normalized spacial score (nSPS) is 30.4. The molecule has 0 amide bonds. The van der Waals surface area contributed by atoms with Crippen LogP contribution in [-0.4, -0.2) is 30.6 Å². The zero-order valence-electron chi connectivity index (χ0n) is 11.6. The molecule has 0 aliphatic heterocycles. The van der Waals surface area contributed by atoms with E-state index < -0.39 is 0 Å². The number of likely N-dealkylation sites (N-methyl/N-ethyl adjacent to an activating group) is 1. The van der Waals surface area contributed by atoms with E-state index in [-0.39, 0.29) is 0 Å². The van der Waals surface area contributed by atoms with Crippen molar-refractivity contribution in [3.63, 3.8) is 0 Å². The summed E-state index contributed by atoms with van der Waals surface area (Å²) in [6.07, 6.45) is 6.77. The van der Waals surface area contributed by atoms with Gasteiger partial charge < -0.3 is 10.6 Å². The van der Waals surface area contributed by atoms with Gasteiger partial charge in [0.25, 0.3) is 0 Å². The molecule has 0 heterocycles. The highest BCUT2D eigenvalue weighted by Gasteiger charge is 2.26. The number of hydrogen-bond acceptors (Lipinski definition) is 2. The summed E-state index contributed by atoms with van der Waals surface area (Å²) in [4.78, 5) is 2.51. The summed E-state index contributed by atoms with van der Waals surface area (Å²) in [7, 11) is 2.26. The fourth-order valence-corrected chi connectivity index (χ4v) is 2.90. The average Bonchev–Trinajstić information content (AvgIpc) is 2.28. The van der Waals surface area contributed by atoms with Gasteiger partial charge in [0.1, 0.15) is 0 Å². The zero-order valence-corrected chi connectivity index (χ0v) is 11.6. The zero-order chi connectivity index (χ0) is 12.1. The molecule has 0 aromatic rings. The standard InChI is InChI=1S/C14H30N2/c1-5-11(2)13(15)10-16(4)14-9-7-6-8-12(14)3/h11-14H,5-10,15H2,1-4H3. The van der Waals surface area contributed by atoms with Crippen molar-refractivity contribution in [2.24, 2.45) is 17.6 Å². The van der Waals surface area contributed by atoms with Crippen LogP contribution in [0.25, 0.3) is 0 Å². The molecular weight excluding hydrogens is 196 g/mol. The molecule has 0 bridgehead atoms. The van der Waals surface area contributed by atoms with Gasteiger partial charge in [0, 0.05) is 18.6 Å². The first-order valence-corrected chi connectivity index (χ1v) is 7.02. The predicted octanol–water partition coefficient (Wildman–Crippen LogP) is 2.87. The molecule has 1 rings (SSSR count). The molecule has 0 aromatic heterocycles. The molecule has 0 spiro atoms. The fourth-order valence-electron chi connectivity index (χ4n) is 2.90. The smallest absolute Gasteiger partial charge is 0.0193 e. The van der Waals surface area contributed by atoms with E-state index in [2.05, 4.69) is 32.7 Å². The lowest BCUT2D eigenvalue weighted by molar-refractivity contribution is 0.125. The molecule has 1 aliphatic carbocycles. The molecule has 96 valence electrons. The lowest BCUT2D eigenvalue weighted by Crippen LogP contribution is -2.46. The molecular formula is C14H30N2. The van der Waals surface area contributed by atoms with Gasteiger partial charge >= 0.3 is 0 Å². The molecule has 2 N–H and O–H groups in total. The van der Waals surface area contributed by atoms with E-state index in [4.69, 9.17) is 5.73 Å². The summed E-state index contributed by atoms with van der Waals surface area (Å²) < 4.78 is 0. The Morgan fingerprint density at radius 1 is 1.31 bits per heavy atom. The molecule has 2 nitrogen and oxygen atoms in total.